The van der Waals surface area contributed by atoms with Gasteiger partial charge in [0.15, 0.2) is 35.2 Å². The van der Waals surface area contributed by atoms with Crippen molar-refractivity contribution in [2.75, 3.05) is 0 Å². The summed E-state index contributed by atoms with van der Waals surface area (Å²) in [6.07, 6.45) is 0. The second-order valence-corrected chi connectivity index (χ2v) is 7.43. The largest absolute Gasteiger partial charge is 0.297 e. The van der Waals surface area contributed by atoms with Crippen LogP contribution in [-0.2, 0) is 9.59 Å². The Balaban J connectivity index is 1.72. The fourth-order valence-corrected chi connectivity index (χ4v) is 2.99. The summed E-state index contributed by atoms with van der Waals surface area (Å²) in [7, 11) is 0. The van der Waals surface area contributed by atoms with Crippen molar-refractivity contribution in [3.8, 4) is 0 Å². The molecule has 0 amide bonds. The Morgan fingerprint density at radius 3 is 1.15 bits per heavy atom. The second-order valence-electron chi connectivity index (χ2n) is 7.43. The van der Waals surface area contributed by atoms with Crippen molar-refractivity contribution in [3.63, 3.8) is 0 Å². The Hall–Kier alpha value is -4.46. The Morgan fingerprint density at radius 2 is 0.853 bits per heavy atom. The Morgan fingerprint density at radius 1 is 0.529 bits per heavy atom. The lowest BCUT2D eigenvalue weighted by atomic mass is 10.0. The van der Waals surface area contributed by atoms with E-state index in [1.54, 1.807) is 84.9 Å². The van der Waals surface area contributed by atoms with Crippen molar-refractivity contribution in [1.82, 2.24) is 0 Å². The first kappa shape index (κ1) is 24.2. The lowest BCUT2D eigenvalue weighted by Gasteiger charge is -2.07. The molecule has 0 bridgehead atoms. The van der Waals surface area contributed by atoms with E-state index < -0.39 is 35.2 Å². The first-order valence-electron chi connectivity index (χ1n) is 10.5. The summed E-state index contributed by atoms with van der Waals surface area (Å²) >= 11 is 0. The Bertz CT molecular complexity index is 1140. The number of rotatable bonds is 10. The number of ketones is 4. The molecule has 2 atom stereocenters. The van der Waals surface area contributed by atoms with Gasteiger partial charge in [0.2, 0.25) is 0 Å². The molecule has 0 saturated heterocycles. The molecule has 3 aromatic rings. The van der Waals surface area contributed by atoms with Gasteiger partial charge in [-0.25, -0.2) is 0 Å². The summed E-state index contributed by atoms with van der Waals surface area (Å²) in [4.78, 5) is 49.0. The van der Waals surface area contributed by atoms with Crippen molar-refractivity contribution in [2.24, 2.45) is 20.5 Å². The zero-order chi connectivity index (χ0) is 24.5. The van der Waals surface area contributed by atoms with Crippen molar-refractivity contribution in [3.05, 3.63) is 96.1 Å². The predicted molar refractivity (Wildman–Crippen MR) is 126 cm³/mol. The molecule has 8 nitrogen and oxygen atoms in total. The molecule has 0 aromatic heterocycles. The van der Waals surface area contributed by atoms with E-state index in [-0.39, 0.29) is 0 Å². The molecule has 8 heteroatoms. The van der Waals surface area contributed by atoms with Gasteiger partial charge in [-0.3, -0.25) is 19.2 Å². The van der Waals surface area contributed by atoms with Crippen LogP contribution in [0.2, 0.25) is 0 Å². The maximum absolute atomic E-state index is 12.6. The van der Waals surface area contributed by atoms with E-state index in [1.165, 1.54) is 13.8 Å². The lowest BCUT2D eigenvalue weighted by molar-refractivity contribution is -0.118. The smallest absolute Gasteiger partial charge is 0.196 e. The fraction of sp³-hybridized carbons (Fsp3) is 0.154. The van der Waals surface area contributed by atoms with Crippen molar-refractivity contribution in [2.45, 2.75) is 25.9 Å². The number of hydrogen-bond donors (Lipinski definition) is 0. The van der Waals surface area contributed by atoms with Gasteiger partial charge in [0.05, 0.1) is 11.4 Å². The van der Waals surface area contributed by atoms with Crippen LogP contribution in [0.5, 0.6) is 0 Å². The van der Waals surface area contributed by atoms with Crippen LogP contribution in [0.15, 0.2) is 105 Å². The summed E-state index contributed by atoms with van der Waals surface area (Å²) in [5.74, 6) is -1.69. The summed E-state index contributed by atoms with van der Waals surface area (Å²) in [6, 6.07) is 20.7. The zero-order valence-corrected chi connectivity index (χ0v) is 18.7. The molecule has 0 fully saturated rings. The normalized spacial score (nSPS) is 13.0. The van der Waals surface area contributed by atoms with Crippen LogP contribution < -0.4 is 0 Å². The van der Waals surface area contributed by atoms with Crippen molar-refractivity contribution < 1.29 is 19.2 Å². The number of azo groups is 2. The highest BCUT2D eigenvalue weighted by Gasteiger charge is 2.25. The number of carbonyl (C=O) groups is 4. The quantitative estimate of drug-likeness (QED) is 0.227. The van der Waals surface area contributed by atoms with Crippen LogP contribution in [0.4, 0.5) is 11.4 Å². The Kier molecular flexibility index (Phi) is 8.12. The second kappa shape index (κ2) is 11.4. The minimum Gasteiger partial charge on any atom is -0.297 e. The summed E-state index contributed by atoms with van der Waals surface area (Å²) < 4.78 is 0. The first-order valence-corrected chi connectivity index (χ1v) is 10.5. The number of Topliss-reactive ketones (excluding diaryl/α,β-unsaturated/α-hetero) is 4. The van der Waals surface area contributed by atoms with Crippen LogP contribution in [0.1, 0.15) is 34.6 Å². The van der Waals surface area contributed by atoms with Gasteiger partial charge in [0.25, 0.3) is 0 Å². The third-order valence-electron chi connectivity index (χ3n) is 4.81. The molecule has 0 aliphatic heterocycles. The van der Waals surface area contributed by atoms with E-state index in [0.29, 0.717) is 22.5 Å². The maximum atomic E-state index is 12.6. The third-order valence-corrected chi connectivity index (χ3v) is 4.81. The van der Waals surface area contributed by atoms with Crippen LogP contribution >= 0.6 is 0 Å². The molecule has 3 rings (SSSR count). The van der Waals surface area contributed by atoms with E-state index in [4.69, 9.17) is 0 Å². The van der Waals surface area contributed by atoms with Crippen LogP contribution in [-0.4, -0.2) is 35.2 Å². The first-order chi connectivity index (χ1) is 16.4. The van der Waals surface area contributed by atoms with Gasteiger partial charge in [-0.1, -0.05) is 60.7 Å². The van der Waals surface area contributed by atoms with Crippen LogP contribution in [0.25, 0.3) is 0 Å². The monoisotopic (exact) mass is 454 g/mol. The molecule has 170 valence electrons. The third kappa shape index (κ3) is 6.29. The minimum atomic E-state index is -1.23. The topological polar surface area (TPSA) is 118 Å². The van der Waals surface area contributed by atoms with Gasteiger partial charge in [-0.2, -0.15) is 20.5 Å². The number of nitrogens with zero attached hydrogens (tertiary/aromatic N) is 4. The molecule has 0 heterocycles. The number of benzene rings is 3. The van der Waals surface area contributed by atoms with Gasteiger partial charge in [-0.05, 0) is 38.1 Å². The molecule has 3 aromatic carbocycles. The average Bonchev–Trinajstić information content (AvgIpc) is 2.85. The molecule has 0 spiro atoms. The van der Waals surface area contributed by atoms with E-state index >= 15 is 0 Å². The van der Waals surface area contributed by atoms with Gasteiger partial charge in [-0.15, -0.1) is 0 Å². The average molecular weight is 454 g/mol. The molecule has 2 unspecified atom stereocenters. The van der Waals surface area contributed by atoms with E-state index in [9.17, 15) is 19.2 Å². The molecule has 0 aliphatic carbocycles. The highest BCUT2D eigenvalue weighted by atomic mass is 16.2. The lowest BCUT2D eigenvalue weighted by Crippen LogP contribution is -2.26. The SMILES string of the molecule is CC(=O)C(N=Nc1ccc(N=NC(C(C)=O)C(=O)c2ccccc2)cc1)C(=O)c1ccccc1. The standard InChI is InChI=1S/C26H22N4O4/c1-17(31)23(25(33)19-9-5-3-6-10-19)29-27-21-13-15-22(16-14-21)28-30-24(18(2)32)26(34)20-11-7-4-8-12-20/h3-16,23-24H,1-2H3. The van der Waals surface area contributed by atoms with Gasteiger partial charge in [0, 0.05) is 11.1 Å². The summed E-state index contributed by atoms with van der Waals surface area (Å²) in [5.41, 5.74) is 1.55. The van der Waals surface area contributed by atoms with Crippen molar-refractivity contribution >= 4 is 34.5 Å². The maximum Gasteiger partial charge on any atom is 0.196 e. The highest BCUT2D eigenvalue weighted by Crippen LogP contribution is 2.21. The summed E-state index contributed by atoms with van der Waals surface area (Å²) in [5, 5.41) is 15.9. The number of carbonyl (C=O) groups excluding carboxylic acids is 4. The molecular weight excluding hydrogens is 432 g/mol. The van der Waals surface area contributed by atoms with E-state index in [0.717, 1.165) is 0 Å². The molecular formula is C26H22N4O4. The van der Waals surface area contributed by atoms with Gasteiger partial charge in [0.1, 0.15) is 0 Å². The Labute approximate surface area is 196 Å². The van der Waals surface area contributed by atoms with Crippen molar-refractivity contribution in [1.29, 1.82) is 0 Å². The van der Waals surface area contributed by atoms with Crippen LogP contribution in [0, 0.1) is 0 Å². The molecule has 0 radical (unpaired) electrons. The molecule has 0 aliphatic rings. The summed E-state index contributed by atoms with van der Waals surface area (Å²) in [6.45, 7) is 2.58. The highest BCUT2D eigenvalue weighted by molar-refractivity contribution is 6.14. The van der Waals surface area contributed by atoms with E-state index in [1.807, 2.05) is 0 Å². The zero-order valence-electron chi connectivity index (χ0n) is 18.7. The molecule has 34 heavy (non-hydrogen) atoms. The molecule has 0 saturated carbocycles. The molecule has 0 N–H and O–H groups in total. The van der Waals surface area contributed by atoms with E-state index in [2.05, 4.69) is 20.5 Å². The van der Waals surface area contributed by atoms with Gasteiger partial charge >= 0.3 is 0 Å². The number of hydrogen-bond acceptors (Lipinski definition) is 8. The van der Waals surface area contributed by atoms with Gasteiger partial charge < -0.3 is 0 Å². The van der Waals surface area contributed by atoms with Crippen LogP contribution in [0.3, 0.4) is 0 Å². The fourth-order valence-electron chi connectivity index (χ4n) is 2.99. The predicted octanol–water partition coefficient (Wildman–Crippen LogP) is 5.54. The minimum absolute atomic E-state index is 0.377.